The van der Waals surface area contributed by atoms with Gasteiger partial charge in [0.05, 0.1) is 37.0 Å². The maximum atomic E-state index is 13.1. The molecule has 4 atom stereocenters. The van der Waals surface area contributed by atoms with E-state index in [9.17, 15) is 48.6 Å². The van der Waals surface area contributed by atoms with Crippen molar-refractivity contribution in [1.29, 1.82) is 0 Å². The summed E-state index contributed by atoms with van der Waals surface area (Å²) in [7, 11) is 0. The molecule has 396 valence electrons. The maximum Gasteiger partial charge on any atom is 1.00 e. The molecule has 2 aliphatic rings. The summed E-state index contributed by atoms with van der Waals surface area (Å²) in [6, 6.07) is 21.8. The minimum atomic E-state index is -1.44. The number of halogens is 2. The molecule has 0 heterocycles. The number of rotatable bonds is 24. The van der Waals surface area contributed by atoms with Gasteiger partial charge in [0.25, 0.3) is 0 Å². The van der Waals surface area contributed by atoms with Crippen LogP contribution in [-0.4, -0.2) is 98.6 Å². The van der Waals surface area contributed by atoms with Gasteiger partial charge in [0.2, 0.25) is 0 Å². The van der Waals surface area contributed by atoms with Gasteiger partial charge < -0.3 is 65.0 Å². The monoisotopic (exact) mass is 1100 g/mol. The number of fused-ring (bicyclic) bond motifs is 2. The van der Waals surface area contributed by atoms with Crippen molar-refractivity contribution in [2.45, 2.75) is 76.7 Å². The second-order valence-corrected chi connectivity index (χ2v) is 19.6. The molecule has 4 aromatic rings. The summed E-state index contributed by atoms with van der Waals surface area (Å²) in [6.45, 7) is 2.81. The molecule has 0 aromatic heterocycles. The molecule has 0 saturated heterocycles. The number of nitrogens with two attached hydrogens (primary N) is 4. The fourth-order valence-corrected chi connectivity index (χ4v) is 9.67. The van der Waals surface area contributed by atoms with Crippen molar-refractivity contribution in [2.75, 3.05) is 39.3 Å². The van der Waals surface area contributed by atoms with Crippen LogP contribution in [0.3, 0.4) is 0 Å². The van der Waals surface area contributed by atoms with Crippen LogP contribution in [0.5, 0.6) is 0 Å². The molecule has 0 bridgehead atoms. The van der Waals surface area contributed by atoms with Crippen molar-refractivity contribution in [3.05, 3.63) is 139 Å². The Bertz CT molecular complexity index is 2510. The zero-order valence-electron chi connectivity index (χ0n) is 43.0. The maximum absolute atomic E-state index is 13.1. The van der Waals surface area contributed by atoms with Crippen molar-refractivity contribution < 1.29 is 108 Å². The van der Waals surface area contributed by atoms with Crippen LogP contribution < -0.4 is 124 Å². The van der Waals surface area contributed by atoms with Gasteiger partial charge >= 0.3 is 83.2 Å². The van der Waals surface area contributed by atoms with Crippen LogP contribution in [-0.2, 0) is 57.7 Å². The molecule has 0 radical (unpaired) electrons. The molecule has 76 heavy (non-hydrogen) atoms. The Kier molecular flexibility index (Phi) is 26.0. The molecular weight excluding hydrogens is 1040 g/mol. The first-order chi connectivity index (χ1) is 35.0. The topological polar surface area (TPSA) is 359 Å². The van der Waals surface area contributed by atoms with Gasteiger partial charge in [-0.3, -0.25) is 19.2 Å². The Morgan fingerprint density at radius 2 is 0.789 bits per heavy atom. The average molecular weight is 1100 g/mol. The van der Waals surface area contributed by atoms with Crippen LogP contribution in [0.2, 0.25) is 10.0 Å². The molecule has 6 rings (SSSR count). The number of carbonyl (C=O) groups is 8. The Hall–Kier alpha value is -4.94. The molecule has 2 aliphatic carbocycles. The fourth-order valence-electron chi connectivity index (χ4n) is 9.28. The van der Waals surface area contributed by atoms with Gasteiger partial charge in [-0.1, -0.05) is 107 Å². The number of hydrogen-bond donors (Lipinski definition) is 10. The largest absolute Gasteiger partial charge is 1.00 e. The summed E-state index contributed by atoms with van der Waals surface area (Å²) in [6.07, 6.45) is -0.113. The number of Topliss-reactive ketones (excluding diaryl/α,β-unsaturated/α-hetero) is 4. The second kappa shape index (κ2) is 30.3. The third-order valence-electron chi connectivity index (χ3n) is 13.2. The van der Waals surface area contributed by atoms with E-state index in [-0.39, 0.29) is 110 Å². The molecular formula is C52H62Cl2N10Na2O10. The van der Waals surface area contributed by atoms with E-state index >= 15 is 0 Å². The molecule has 0 fully saturated rings. The minimum Gasteiger partial charge on any atom is -0.848 e. The van der Waals surface area contributed by atoms with E-state index in [1.165, 1.54) is 0 Å². The SMILES string of the molecule is CC(Cc1ccc2c(c1)CC(C(=O)CNC(N)=O)(C(=O)CNC(N)=O)C2)NC[C@H]([O-])c1cccc(Cl)c1.CC(Cc1ccc2c(c1)CC(C(=O)CNC(N)=O)(C(=O)CNC(N)=O)C2)NC[C@H]([O-])c1cccc(Cl)c1.[Na+].[Na+]. The summed E-state index contributed by atoms with van der Waals surface area (Å²) in [4.78, 5) is 96.9. The van der Waals surface area contributed by atoms with Gasteiger partial charge in [-0.2, -0.15) is 0 Å². The minimum absolute atomic E-state index is 0. The third-order valence-corrected chi connectivity index (χ3v) is 13.6. The molecule has 0 aliphatic heterocycles. The summed E-state index contributed by atoms with van der Waals surface area (Å²) in [5, 5.41) is 41.6. The number of carbonyl (C=O) groups excluding carboxylic acids is 8. The van der Waals surface area contributed by atoms with Gasteiger partial charge in [-0.25, -0.2) is 19.2 Å². The first kappa shape index (κ1) is 65.3. The van der Waals surface area contributed by atoms with Crippen molar-refractivity contribution in [1.82, 2.24) is 31.9 Å². The van der Waals surface area contributed by atoms with E-state index in [0.29, 0.717) is 34.0 Å². The van der Waals surface area contributed by atoms with Crippen molar-refractivity contribution in [3.63, 3.8) is 0 Å². The standard InChI is InChI=1S/2C26H31ClN5O5.2Na/c2*1-15(30-12-21(33)17-3-2-4-20(27)9-17)7-16-5-6-18-10-26(11-19(18)8-16,22(34)13-31-24(28)36)23(35)14-32-25(29)37;;/h2*2-6,8-9,15,21,30H,7,10-14H2,1H3,(H3,28,31,36)(H3,29,32,37);;/q2*-1;2*+1/t2*15?,21-;;/m00../s1. The Morgan fingerprint density at radius 3 is 1.08 bits per heavy atom. The van der Waals surface area contributed by atoms with Gasteiger partial charge in [0.15, 0.2) is 23.1 Å². The molecule has 14 N–H and O–H groups in total. The van der Waals surface area contributed by atoms with Crippen LogP contribution in [0.25, 0.3) is 0 Å². The number of primary amides is 4. The van der Waals surface area contributed by atoms with E-state index in [1.54, 1.807) is 48.5 Å². The predicted molar refractivity (Wildman–Crippen MR) is 274 cm³/mol. The number of nitrogens with one attached hydrogen (secondary N) is 6. The number of hydrogen-bond acceptors (Lipinski definition) is 12. The predicted octanol–water partition coefficient (Wildman–Crippen LogP) is -4.95. The van der Waals surface area contributed by atoms with Gasteiger partial charge in [-0.15, -0.1) is 0 Å². The summed E-state index contributed by atoms with van der Waals surface area (Å²) >= 11 is 12.0. The first-order valence-electron chi connectivity index (χ1n) is 23.8. The van der Waals surface area contributed by atoms with Gasteiger partial charge in [0.1, 0.15) is 0 Å². The van der Waals surface area contributed by atoms with Gasteiger partial charge in [0, 0.05) is 22.1 Å². The van der Waals surface area contributed by atoms with Crippen molar-refractivity contribution in [2.24, 2.45) is 33.8 Å². The first-order valence-corrected chi connectivity index (χ1v) is 24.5. The Morgan fingerprint density at radius 1 is 0.487 bits per heavy atom. The van der Waals surface area contributed by atoms with Crippen LogP contribution in [0.4, 0.5) is 19.2 Å². The van der Waals surface area contributed by atoms with E-state index in [0.717, 1.165) is 33.4 Å². The van der Waals surface area contributed by atoms with Crippen LogP contribution >= 0.6 is 23.2 Å². The van der Waals surface area contributed by atoms with Gasteiger partial charge in [-0.05, 0) is 123 Å². The summed E-state index contributed by atoms with van der Waals surface area (Å²) in [5.41, 5.74) is 24.0. The van der Waals surface area contributed by atoms with Crippen LogP contribution in [0.1, 0.15) is 70.6 Å². The summed E-state index contributed by atoms with van der Waals surface area (Å²) < 4.78 is 0. The normalized spacial score (nSPS) is 14.9. The van der Waals surface area contributed by atoms with Crippen molar-refractivity contribution in [3.8, 4) is 0 Å². The second-order valence-electron chi connectivity index (χ2n) is 18.8. The zero-order valence-corrected chi connectivity index (χ0v) is 48.5. The molecule has 24 heteroatoms. The van der Waals surface area contributed by atoms with E-state index in [1.807, 2.05) is 50.2 Å². The Labute approximate surface area is 495 Å². The third kappa shape index (κ3) is 18.6. The average Bonchev–Trinajstić information content (AvgIpc) is 3.95. The van der Waals surface area contributed by atoms with Crippen molar-refractivity contribution >= 4 is 70.5 Å². The number of benzene rings is 4. The molecule has 2 unspecified atom stereocenters. The van der Waals surface area contributed by atoms with E-state index in [4.69, 9.17) is 46.1 Å². The molecule has 4 aromatic carbocycles. The molecule has 0 spiro atoms. The van der Waals surface area contributed by atoms with E-state index < -0.39 is 96.5 Å². The molecule has 8 amide bonds. The number of urea groups is 4. The number of ketones is 4. The Balaban J connectivity index is 0.000000390. The fraction of sp³-hybridized carbons (Fsp3) is 0.385. The molecule has 20 nitrogen and oxygen atoms in total. The van der Waals surface area contributed by atoms with E-state index in [2.05, 4.69) is 31.9 Å². The zero-order chi connectivity index (χ0) is 54.3. The molecule has 0 saturated carbocycles. The smallest absolute Gasteiger partial charge is 0.848 e. The quantitative estimate of drug-likeness (QED) is 0.0233. The number of amides is 8. The summed E-state index contributed by atoms with van der Waals surface area (Å²) in [5.74, 6) is -1.95. The van der Waals surface area contributed by atoms with Crippen LogP contribution in [0, 0.1) is 10.8 Å². The van der Waals surface area contributed by atoms with Crippen LogP contribution in [0.15, 0.2) is 84.9 Å².